The van der Waals surface area contributed by atoms with Crippen molar-refractivity contribution in [2.24, 2.45) is 0 Å². The minimum absolute atomic E-state index is 0.0392. The van der Waals surface area contributed by atoms with Gasteiger partial charge in [0.1, 0.15) is 0 Å². The van der Waals surface area contributed by atoms with E-state index in [9.17, 15) is 9.59 Å². The fraction of sp³-hybridized carbons (Fsp3) is 0.750. The lowest BCUT2D eigenvalue weighted by atomic mass is 10.2. The Labute approximate surface area is 108 Å². The zero-order valence-electron chi connectivity index (χ0n) is 11.0. The predicted octanol–water partition coefficient (Wildman–Crippen LogP) is 1.57. The van der Waals surface area contributed by atoms with E-state index < -0.39 is 5.97 Å². The summed E-state index contributed by atoms with van der Waals surface area (Å²) in [5, 5.41) is 19.7. The summed E-state index contributed by atoms with van der Waals surface area (Å²) in [6.07, 6.45) is 1.63. The normalized spacial score (nSPS) is 9.89. The summed E-state index contributed by atoms with van der Waals surface area (Å²) in [6.45, 7) is 4.65. The fourth-order valence-corrected chi connectivity index (χ4v) is 1.46. The summed E-state index contributed by atoms with van der Waals surface area (Å²) >= 11 is 0. The Morgan fingerprint density at radius 2 is 2.06 bits per heavy atom. The van der Waals surface area contributed by atoms with Crippen LogP contribution in [-0.2, 0) is 4.79 Å². The second kappa shape index (κ2) is 9.28. The van der Waals surface area contributed by atoms with E-state index in [0.717, 1.165) is 0 Å². The monoisotopic (exact) mass is 255 g/mol. The maximum Gasteiger partial charge on any atom is 0.317 e. The van der Waals surface area contributed by atoms with Crippen LogP contribution in [0, 0.1) is 11.3 Å². The maximum atomic E-state index is 11.8. The molecule has 0 atom stereocenters. The molecule has 18 heavy (non-hydrogen) atoms. The van der Waals surface area contributed by atoms with E-state index in [-0.39, 0.29) is 18.5 Å². The standard InChI is InChI=1S/C12H21N3O3/c1-10(2)15(9-5-7-13)12(18)14-8-4-3-6-11(16)17/h10H,3-6,8-9H2,1-2H3,(H,14,18)(H,16,17). The molecule has 0 bridgehead atoms. The molecule has 2 N–H and O–H groups in total. The molecule has 0 radical (unpaired) electrons. The maximum absolute atomic E-state index is 11.8. The van der Waals surface area contributed by atoms with Gasteiger partial charge in [0.25, 0.3) is 0 Å². The van der Waals surface area contributed by atoms with Gasteiger partial charge in [0, 0.05) is 25.6 Å². The molecule has 2 amide bonds. The molecule has 0 aromatic heterocycles. The zero-order chi connectivity index (χ0) is 14.0. The van der Waals surface area contributed by atoms with Gasteiger partial charge < -0.3 is 15.3 Å². The van der Waals surface area contributed by atoms with Crippen LogP contribution in [0.15, 0.2) is 0 Å². The Kier molecular flexibility index (Phi) is 8.37. The number of nitrogens with zero attached hydrogens (tertiary/aromatic N) is 2. The highest BCUT2D eigenvalue weighted by atomic mass is 16.4. The summed E-state index contributed by atoms with van der Waals surface area (Å²) in [4.78, 5) is 23.7. The second-order valence-electron chi connectivity index (χ2n) is 4.28. The van der Waals surface area contributed by atoms with Crippen molar-refractivity contribution < 1.29 is 14.7 Å². The quantitative estimate of drug-likeness (QED) is 0.644. The third kappa shape index (κ3) is 7.49. The molecule has 0 fully saturated rings. The van der Waals surface area contributed by atoms with Gasteiger partial charge in [0.15, 0.2) is 0 Å². The van der Waals surface area contributed by atoms with Gasteiger partial charge in [-0.15, -0.1) is 0 Å². The summed E-state index contributed by atoms with van der Waals surface area (Å²) < 4.78 is 0. The van der Waals surface area contributed by atoms with Gasteiger partial charge in [-0.1, -0.05) is 0 Å². The van der Waals surface area contributed by atoms with Gasteiger partial charge in [0.05, 0.1) is 12.5 Å². The van der Waals surface area contributed by atoms with Crippen LogP contribution < -0.4 is 5.32 Å². The average molecular weight is 255 g/mol. The number of nitrogens with one attached hydrogen (secondary N) is 1. The molecule has 0 saturated carbocycles. The number of carbonyl (C=O) groups excluding carboxylic acids is 1. The van der Waals surface area contributed by atoms with Crippen LogP contribution in [-0.4, -0.2) is 41.1 Å². The number of hydrogen-bond acceptors (Lipinski definition) is 3. The van der Waals surface area contributed by atoms with Crippen molar-refractivity contribution in [2.75, 3.05) is 13.1 Å². The zero-order valence-corrected chi connectivity index (χ0v) is 11.0. The highest BCUT2D eigenvalue weighted by Crippen LogP contribution is 2.01. The van der Waals surface area contributed by atoms with Crippen LogP contribution in [0.4, 0.5) is 4.79 Å². The van der Waals surface area contributed by atoms with Crippen LogP contribution in [0.2, 0.25) is 0 Å². The molecule has 0 aliphatic rings. The Balaban J connectivity index is 3.89. The molecule has 0 saturated heterocycles. The number of urea groups is 1. The van der Waals surface area contributed by atoms with Crippen molar-refractivity contribution in [2.45, 2.75) is 45.6 Å². The number of carboxylic acid groups (broad SMARTS) is 1. The van der Waals surface area contributed by atoms with Crippen molar-refractivity contribution in [3.05, 3.63) is 0 Å². The molecule has 0 aliphatic carbocycles. The van der Waals surface area contributed by atoms with Gasteiger partial charge in [-0.05, 0) is 26.7 Å². The molecule has 6 heteroatoms. The van der Waals surface area contributed by atoms with Crippen molar-refractivity contribution in [1.29, 1.82) is 5.26 Å². The number of hydrogen-bond donors (Lipinski definition) is 2. The molecule has 0 aromatic rings. The predicted molar refractivity (Wildman–Crippen MR) is 67.0 cm³/mol. The minimum Gasteiger partial charge on any atom is -0.481 e. The fourth-order valence-electron chi connectivity index (χ4n) is 1.46. The Hall–Kier alpha value is -1.77. The number of amides is 2. The smallest absolute Gasteiger partial charge is 0.317 e. The Bertz CT molecular complexity index is 310. The number of carboxylic acids is 1. The van der Waals surface area contributed by atoms with Crippen LogP contribution in [0.25, 0.3) is 0 Å². The number of nitriles is 1. The molecule has 0 aromatic carbocycles. The van der Waals surface area contributed by atoms with Gasteiger partial charge >= 0.3 is 12.0 Å². The largest absolute Gasteiger partial charge is 0.481 e. The van der Waals surface area contributed by atoms with E-state index in [0.29, 0.717) is 32.4 Å². The molecule has 0 unspecified atom stereocenters. The summed E-state index contributed by atoms with van der Waals surface area (Å²) in [6, 6.07) is 1.85. The SMILES string of the molecule is CC(C)N(CCC#N)C(=O)NCCCCC(=O)O. The minimum atomic E-state index is -0.820. The summed E-state index contributed by atoms with van der Waals surface area (Å²) in [5.74, 6) is -0.820. The number of unbranched alkanes of at least 4 members (excludes halogenated alkanes) is 1. The number of rotatable bonds is 8. The van der Waals surface area contributed by atoms with Crippen LogP contribution in [0.3, 0.4) is 0 Å². The Morgan fingerprint density at radius 1 is 1.39 bits per heavy atom. The van der Waals surface area contributed by atoms with Crippen molar-refractivity contribution in [3.8, 4) is 6.07 Å². The van der Waals surface area contributed by atoms with Crippen LogP contribution in [0.1, 0.15) is 39.5 Å². The molecule has 0 rings (SSSR count). The van der Waals surface area contributed by atoms with E-state index in [1.54, 1.807) is 4.90 Å². The topological polar surface area (TPSA) is 93.4 Å². The number of carbonyl (C=O) groups is 2. The summed E-state index contributed by atoms with van der Waals surface area (Å²) in [5.41, 5.74) is 0. The Morgan fingerprint density at radius 3 is 2.56 bits per heavy atom. The molecular formula is C12H21N3O3. The van der Waals surface area contributed by atoms with Gasteiger partial charge in [-0.25, -0.2) is 4.79 Å². The molecule has 0 aliphatic heterocycles. The summed E-state index contributed by atoms with van der Waals surface area (Å²) in [7, 11) is 0. The first-order valence-corrected chi connectivity index (χ1v) is 6.12. The van der Waals surface area contributed by atoms with Gasteiger partial charge in [-0.2, -0.15) is 5.26 Å². The molecule has 0 spiro atoms. The first kappa shape index (κ1) is 16.2. The van der Waals surface area contributed by atoms with Crippen molar-refractivity contribution in [3.63, 3.8) is 0 Å². The molecule has 102 valence electrons. The van der Waals surface area contributed by atoms with E-state index in [4.69, 9.17) is 10.4 Å². The van der Waals surface area contributed by atoms with Crippen molar-refractivity contribution in [1.82, 2.24) is 10.2 Å². The van der Waals surface area contributed by atoms with E-state index >= 15 is 0 Å². The third-order valence-corrected chi connectivity index (χ3v) is 2.44. The highest BCUT2D eigenvalue weighted by Gasteiger charge is 2.15. The number of aliphatic carboxylic acids is 1. The van der Waals surface area contributed by atoms with E-state index in [1.807, 2.05) is 19.9 Å². The van der Waals surface area contributed by atoms with E-state index in [2.05, 4.69) is 5.32 Å². The first-order chi connectivity index (χ1) is 8.49. The highest BCUT2D eigenvalue weighted by molar-refractivity contribution is 5.74. The average Bonchev–Trinajstić information content (AvgIpc) is 2.28. The third-order valence-electron chi connectivity index (χ3n) is 2.44. The van der Waals surface area contributed by atoms with E-state index in [1.165, 1.54) is 0 Å². The molecule has 0 heterocycles. The second-order valence-corrected chi connectivity index (χ2v) is 4.28. The molecular weight excluding hydrogens is 234 g/mol. The van der Waals surface area contributed by atoms with Gasteiger partial charge in [-0.3, -0.25) is 4.79 Å². The molecule has 6 nitrogen and oxygen atoms in total. The van der Waals surface area contributed by atoms with Gasteiger partial charge in [0.2, 0.25) is 0 Å². The lowest BCUT2D eigenvalue weighted by molar-refractivity contribution is -0.137. The van der Waals surface area contributed by atoms with Crippen LogP contribution >= 0.6 is 0 Å². The van der Waals surface area contributed by atoms with Crippen LogP contribution in [0.5, 0.6) is 0 Å². The lowest BCUT2D eigenvalue weighted by Gasteiger charge is -2.26. The first-order valence-electron chi connectivity index (χ1n) is 6.12. The van der Waals surface area contributed by atoms with Crippen molar-refractivity contribution >= 4 is 12.0 Å². The lowest BCUT2D eigenvalue weighted by Crippen LogP contribution is -2.44.